The van der Waals surface area contributed by atoms with E-state index in [9.17, 15) is 9.18 Å². The maximum absolute atomic E-state index is 13.5. The third-order valence-electron chi connectivity index (χ3n) is 6.70. The Bertz CT molecular complexity index is 1310. The summed E-state index contributed by atoms with van der Waals surface area (Å²) in [4.78, 5) is 34.5. The van der Waals surface area contributed by atoms with E-state index in [2.05, 4.69) is 15.3 Å². The summed E-state index contributed by atoms with van der Waals surface area (Å²) < 4.78 is 19.1. The zero-order valence-electron chi connectivity index (χ0n) is 19.4. The number of aliphatic imine (C=N–C) groups is 1. The first-order valence-electron chi connectivity index (χ1n) is 11.9. The van der Waals surface area contributed by atoms with Gasteiger partial charge in [-0.2, -0.15) is 0 Å². The highest BCUT2D eigenvalue weighted by Crippen LogP contribution is 2.43. The van der Waals surface area contributed by atoms with Gasteiger partial charge >= 0.3 is 0 Å². The van der Waals surface area contributed by atoms with Crippen LogP contribution in [0.1, 0.15) is 46.5 Å². The molecule has 36 heavy (non-hydrogen) atoms. The normalized spacial score (nSPS) is 21.2. The van der Waals surface area contributed by atoms with E-state index in [1.807, 2.05) is 22.1 Å². The van der Waals surface area contributed by atoms with Crippen LogP contribution in [-0.2, 0) is 4.74 Å². The largest absolute Gasteiger partial charge is 0.432 e. The molecule has 10 heteroatoms. The van der Waals surface area contributed by atoms with E-state index in [-0.39, 0.29) is 29.8 Å². The monoisotopic (exact) mass is 485 g/mol. The molecule has 1 aromatic carbocycles. The number of amides is 1. The number of hydrogen-bond acceptors (Lipinski definition) is 8. The first-order chi connectivity index (χ1) is 17.7. The average molecular weight is 486 g/mol. The molecule has 2 unspecified atom stereocenters. The minimum Gasteiger partial charge on any atom is -0.432 e. The fourth-order valence-electron chi connectivity index (χ4n) is 4.85. The summed E-state index contributed by atoms with van der Waals surface area (Å²) in [7, 11) is 0. The molecule has 0 spiro atoms. The van der Waals surface area contributed by atoms with Gasteiger partial charge in [0.25, 0.3) is 11.9 Å². The van der Waals surface area contributed by atoms with Gasteiger partial charge in [-0.15, -0.1) is 0 Å². The molecule has 1 amide bonds. The van der Waals surface area contributed by atoms with E-state index in [0.29, 0.717) is 30.6 Å². The third kappa shape index (κ3) is 4.26. The molecule has 6 rings (SSSR count). The molecule has 1 saturated heterocycles. The lowest BCUT2D eigenvalue weighted by Crippen LogP contribution is -2.42. The van der Waals surface area contributed by atoms with Gasteiger partial charge in [-0.05, 0) is 48.7 Å². The molecule has 0 radical (unpaired) electrons. The van der Waals surface area contributed by atoms with Crippen LogP contribution in [0, 0.1) is 5.82 Å². The second kappa shape index (κ2) is 9.37. The number of nitrogens with one attached hydrogen (secondary N) is 1. The number of hydrogen-bond donors (Lipinski definition) is 1. The summed E-state index contributed by atoms with van der Waals surface area (Å²) in [5.41, 5.74) is 2.31. The van der Waals surface area contributed by atoms with Gasteiger partial charge in [0, 0.05) is 49.5 Å². The molecule has 1 N–H and O–H groups in total. The summed E-state index contributed by atoms with van der Waals surface area (Å²) in [6.45, 7) is 1.31. The van der Waals surface area contributed by atoms with Crippen LogP contribution in [0.25, 0.3) is 0 Å². The third-order valence-corrected chi connectivity index (χ3v) is 6.70. The number of likely N-dealkylation sites (tertiary alicyclic amines) is 1. The molecule has 2 aromatic heterocycles. The van der Waals surface area contributed by atoms with Crippen LogP contribution in [0.3, 0.4) is 0 Å². The number of pyridine rings is 1. The lowest BCUT2D eigenvalue weighted by molar-refractivity contribution is 0.0718. The standard InChI is InChI=1S/C26H24FN7O2/c27-19-3-1-17(2-4-19)22-23(34-15-16-36-26(34)32-22)21-7-12-29-25(31-21)30-20-8-13-33(14-9-20)24(35)18-5-10-28-11-6-18/h1-7,10-12,15-16,20,22-23H,8-9,13-14H2,(H,29,30,31). The van der Waals surface area contributed by atoms with Crippen LogP contribution in [0.2, 0.25) is 0 Å². The van der Waals surface area contributed by atoms with Crippen LogP contribution >= 0.6 is 0 Å². The van der Waals surface area contributed by atoms with Crippen molar-refractivity contribution in [2.75, 3.05) is 18.4 Å². The molecule has 182 valence electrons. The van der Waals surface area contributed by atoms with Gasteiger partial charge in [0.2, 0.25) is 5.95 Å². The van der Waals surface area contributed by atoms with Crippen molar-refractivity contribution < 1.29 is 13.9 Å². The topological polar surface area (TPSA) is 95.8 Å². The first kappa shape index (κ1) is 22.1. The van der Waals surface area contributed by atoms with Crippen LogP contribution in [0.15, 0.2) is 78.5 Å². The number of piperidine rings is 1. The van der Waals surface area contributed by atoms with E-state index in [0.717, 1.165) is 24.1 Å². The van der Waals surface area contributed by atoms with Crippen molar-refractivity contribution in [3.05, 3.63) is 96.2 Å². The number of halogens is 1. The number of amidine groups is 1. The second-order valence-electron chi connectivity index (χ2n) is 8.91. The number of fused-ring (bicyclic) bond motifs is 1. The van der Waals surface area contributed by atoms with Gasteiger partial charge in [-0.3, -0.25) is 14.7 Å². The van der Waals surface area contributed by atoms with Gasteiger partial charge in [0.1, 0.15) is 24.2 Å². The van der Waals surface area contributed by atoms with Gasteiger partial charge in [0.05, 0.1) is 5.69 Å². The lowest BCUT2D eigenvalue weighted by Gasteiger charge is -2.32. The second-order valence-corrected chi connectivity index (χ2v) is 8.91. The van der Waals surface area contributed by atoms with E-state index >= 15 is 0 Å². The fourth-order valence-corrected chi connectivity index (χ4v) is 4.85. The Morgan fingerprint density at radius 3 is 2.58 bits per heavy atom. The minimum absolute atomic E-state index is 0.0267. The van der Waals surface area contributed by atoms with Gasteiger partial charge < -0.3 is 15.0 Å². The fraction of sp³-hybridized carbons (Fsp3) is 0.269. The summed E-state index contributed by atoms with van der Waals surface area (Å²) in [6.07, 6.45) is 10.0. The van der Waals surface area contributed by atoms with Crippen LogP contribution in [-0.4, -0.2) is 55.8 Å². The molecule has 1 fully saturated rings. The number of aromatic nitrogens is 3. The summed E-state index contributed by atoms with van der Waals surface area (Å²) in [5, 5.41) is 3.44. The molecule has 3 aromatic rings. The highest BCUT2D eigenvalue weighted by Gasteiger charge is 2.41. The Labute approximate surface area is 207 Å². The highest BCUT2D eigenvalue weighted by molar-refractivity contribution is 5.94. The smallest absolute Gasteiger partial charge is 0.298 e. The molecule has 0 saturated carbocycles. The van der Waals surface area contributed by atoms with E-state index in [4.69, 9.17) is 14.7 Å². The Kier molecular flexibility index (Phi) is 5.76. The number of carbonyl (C=O) groups excluding carboxylic acids is 1. The number of anilines is 1. The van der Waals surface area contributed by atoms with Crippen molar-refractivity contribution >= 4 is 17.9 Å². The van der Waals surface area contributed by atoms with Crippen molar-refractivity contribution in [1.82, 2.24) is 24.8 Å². The van der Waals surface area contributed by atoms with Crippen molar-refractivity contribution in [3.63, 3.8) is 0 Å². The predicted octanol–water partition coefficient (Wildman–Crippen LogP) is 3.68. The molecule has 3 aliphatic rings. The number of nitrogens with zero attached hydrogens (tertiary/aromatic N) is 6. The van der Waals surface area contributed by atoms with Crippen LogP contribution in [0.4, 0.5) is 10.3 Å². The summed E-state index contributed by atoms with van der Waals surface area (Å²) in [5.74, 6) is 0.264. The van der Waals surface area contributed by atoms with Crippen molar-refractivity contribution in [3.8, 4) is 0 Å². The van der Waals surface area contributed by atoms with Crippen LogP contribution < -0.4 is 5.32 Å². The molecule has 5 heterocycles. The predicted molar refractivity (Wildman–Crippen MR) is 130 cm³/mol. The van der Waals surface area contributed by atoms with E-state index < -0.39 is 0 Å². The number of rotatable bonds is 5. The van der Waals surface area contributed by atoms with Gasteiger partial charge in [-0.1, -0.05) is 12.1 Å². The van der Waals surface area contributed by atoms with Crippen molar-refractivity contribution in [2.45, 2.75) is 31.0 Å². The van der Waals surface area contributed by atoms with Crippen molar-refractivity contribution in [1.29, 1.82) is 0 Å². The average Bonchev–Trinajstić information content (AvgIpc) is 3.52. The molecule has 9 nitrogen and oxygen atoms in total. The number of carbonyl (C=O) groups is 1. The Morgan fingerprint density at radius 2 is 1.81 bits per heavy atom. The highest BCUT2D eigenvalue weighted by atomic mass is 19.1. The molecular formula is C26H24FN7O2. The maximum Gasteiger partial charge on any atom is 0.298 e. The molecular weight excluding hydrogens is 461 g/mol. The zero-order chi connectivity index (χ0) is 24.5. The minimum atomic E-state index is -0.296. The Hall–Kier alpha value is -4.34. The molecule has 0 aliphatic carbocycles. The Morgan fingerprint density at radius 1 is 1.03 bits per heavy atom. The van der Waals surface area contributed by atoms with Crippen LogP contribution in [0.5, 0.6) is 0 Å². The molecule has 3 aliphatic heterocycles. The quantitative estimate of drug-likeness (QED) is 0.589. The van der Waals surface area contributed by atoms with Gasteiger partial charge in [0.15, 0.2) is 0 Å². The Balaban J connectivity index is 1.15. The molecule has 2 atom stereocenters. The first-order valence-corrected chi connectivity index (χ1v) is 11.9. The molecule has 0 bridgehead atoms. The summed E-state index contributed by atoms with van der Waals surface area (Å²) >= 11 is 0. The SMILES string of the molecule is O=C(c1ccncc1)N1CCC(Nc2nccc(C3C(c4ccc(F)cc4)N=C4OC=CN43)n2)CC1. The van der Waals surface area contributed by atoms with E-state index in [1.165, 1.54) is 12.1 Å². The number of benzene rings is 1. The van der Waals surface area contributed by atoms with Gasteiger partial charge in [-0.25, -0.2) is 19.4 Å². The summed E-state index contributed by atoms with van der Waals surface area (Å²) in [6, 6.07) is 11.8. The lowest BCUT2D eigenvalue weighted by atomic mass is 9.97. The van der Waals surface area contributed by atoms with Crippen molar-refractivity contribution in [2.24, 2.45) is 4.99 Å². The maximum atomic E-state index is 13.5. The zero-order valence-corrected chi connectivity index (χ0v) is 19.4. The van der Waals surface area contributed by atoms with E-state index in [1.54, 1.807) is 49.1 Å². The number of ether oxygens (including phenoxy) is 1.